The quantitative estimate of drug-likeness (QED) is 0.0197. The SMILES string of the molecule is CC/C=C\C/C=C\C/C=C\CCCCCCCCCC(=O)OC(COC(=O)CCCCCCCCC/C=C\CCCCCCCCC)COC1OC(CS(=O)(=O)O)C(O)C(O)C1O. The second-order valence-corrected chi connectivity index (χ2v) is 18.6. The molecule has 1 fully saturated rings. The summed E-state index contributed by atoms with van der Waals surface area (Å²) in [5, 5.41) is 30.9. The first-order chi connectivity index (χ1) is 30.5. The zero-order valence-electron chi connectivity index (χ0n) is 39.2. The Bertz CT molecular complexity index is 1350. The average Bonchev–Trinajstić information content (AvgIpc) is 3.25. The van der Waals surface area contributed by atoms with Crippen LogP contribution in [0.4, 0.5) is 0 Å². The summed E-state index contributed by atoms with van der Waals surface area (Å²) in [6.07, 6.45) is 38.6. The molecule has 6 unspecified atom stereocenters. The molecule has 1 aliphatic heterocycles. The number of allylic oxidation sites excluding steroid dienone is 8. The number of rotatable bonds is 41. The van der Waals surface area contributed by atoms with Gasteiger partial charge in [-0.2, -0.15) is 8.42 Å². The van der Waals surface area contributed by atoms with E-state index < -0.39 is 71.2 Å². The fraction of sp³-hybridized carbons (Fsp3) is 0.800. The third kappa shape index (κ3) is 34.6. The van der Waals surface area contributed by atoms with E-state index in [1.54, 1.807) is 0 Å². The monoisotopic (exact) mass is 913 g/mol. The summed E-state index contributed by atoms with van der Waals surface area (Å²) in [6.45, 7) is 3.65. The van der Waals surface area contributed by atoms with E-state index in [-0.39, 0.29) is 19.4 Å². The summed E-state index contributed by atoms with van der Waals surface area (Å²) in [5.74, 6) is -2.00. The van der Waals surface area contributed by atoms with Crippen LogP contribution in [-0.2, 0) is 38.7 Å². The van der Waals surface area contributed by atoms with Gasteiger partial charge >= 0.3 is 11.9 Å². The van der Waals surface area contributed by atoms with Gasteiger partial charge in [-0.1, -0.05) is 165 Å². The van der Waals surface area contributed by atoms with E-state index >= 15 is 0 Å². The molecule has 13 heteroatoms. The highest BCUT2D eigenvalue weighted by Gasteiger charge is 2.46. The molecule has 1 aliphatic rings. The molecule has 0 radical (unpaired) electrons. The summed E-state index contributed by atoms with van der Waals surface area (Å²) in [4.78, 5) is 25.5. The maximum atomic E-state index is 12.8. The number of ether oxygens (including phenoxy) is 4. The number of unbranched alkanes of at least 4 members (excludes halogenated alkanes) is 21. The summed E-state index contributed by atoms with van der Waals surface area (Å²) >= 11 is 0. The highest BCUT2D eigenvalue weighted by molar-refractivity contribution is 7.85. The van der Waals surface area contributed by atoms with Crippen molar-refractivity contribution in [2.24, 2.45) is 0 Å². The minimum Gasteiger partial charge on any atom is -0.462 e. The zero-order valence-corrected chi connectivity index (χ0v) is 40.0. The fourth-order valence-electron chi connectivity index (χ4n) is 7.33. The van der Waals surface area contributed by atoms with Crippen molar-refractivity contribution in [2.45, 2.75) is 237 Å². The summed E-state index contributed by atoms with van der Waals surface area (Å²) in [5.41, 5.74) is 0. The van der Waals surface area contributed by atoms with Gasteiger partial charge in [-0.05, 0) is 70.6 Å². The molecule has 0 aromatic heterocycles. The van der Waals surface area contributed by atoms with Gasteiger partial charge in [-0.25, -0.2) is 0 Å². The Morgan fingerprint density at radius 3 is 1.51 bits per heavy atom. The molecule has 0 bridgehead atoms. The molecule has 6 atom stereocenters. The van der Waals surface area contributed by atoms with Crippen LogP contribution in [0.25, 0.3) is 0 Å². The second-order valence-electron chi connectivity index (χ2n) is 17.1. The molecule has 0 aromatic carbocycles. The van der Waals surface area contributed by atoms with Gasteiger partial charge in [0.15, 0.2) is 12.4 Å². The molecule has 0 spiro atoms. The largest absolute Gasteiger partial charge is 0.462 e. The van der Waals surface area contributed by atoms with Crippen molar-refractivity contribution >= 4 is 22.1 Å². The van der Waals surface area contributed by atoms with Crippen LogP contribution >= 0.6 is 0 Å². The van der Waals surface area contributed by atoms with Gasteiger partial charge in [0.25, 0.3) is 10.1 Å². The van der Waals surface area contributed by atoms with Gasteiger partial charge < -0.3 is 34.3 Å². The molecule has 1 saturated heterocycles. The van der Waals surface area contributed by atoms with Gasteiger partial charge in [0.05, 0.1) is 6.61 Å². The standard InChI is InChI=1S/C50H88O12S/c1-3-5-7-9-11-13-15-17-19-21-23-24-26-28-30-32-34-36-38-45(51)59-40-43(41-60-50-49(55)48(54)47(53)44(62-50)42-63(56,57)58)61-46(52)39-37-35-33-31-29-27-25-22-20-18-16-14-12-10-8-6-4-2/h6,8,12,14,18-21,43-44,47-50,53-55H,3-5,7,9-11,13,15-17,22-42H2,1-2H3,(H,56,57,58)/b8-6-,14-12-,20-18-,21-19-. The molecule has 366 valence electrons. The second kappa shape index (κ2) is 39.9. The van der Waals surface area contributed by atoms with Crippen molar-refractivity contribution < 1.29 is 56.8 Å². The highest BCUT2D eigenvalue weighted by Crippen LogP contribution is 2.24. The molecule has 1 heterocycles. The summed E-state index contributed by atoms with van der Waals surface area (Å²) in [6, 6.07) is 0. The number of hydrogen-bond donors (Lipinski definition) is 4. The van der Waals surface area contributed by atoms with Crippen molar-refractivity contribution in [3.05, 3.63) is 48.6 Å². The minimum atomic E-state index is -4.61. The maximum Gasteiger partial charge on any atom is 0.306 e. The Labute approximate surface area is 382 Å². The van der Waals surface area contributed by atoms with E-state index in [1.807, 2.05) is 0 Å². The summed E-state index contributed by atoms with van der Waals surface area (Å²) < 4.78 is 54.2. The Morgan fingerprint density at radius 2 is 1.00 bits per heavy atom. The average molecular weight is 913 g/mol. The molecule has 0 aromatic rings. The Balaban J connectivity index is 2.41. The smallest absolute Gasteiger partial charge is 0.306 e. The highest BCUT2D eigenvalue weighted by atomic mass is 32.2. The van der Waals surface area contributed by atoms with Crippen LogP contribution in [-0.4, -0.2) is 96.0 Å². The molecule has 0 aliphatic carbocycles. The number of hydrogen-bond acceptors (Lipinski definition) is 11. The van der Waals surface area contributed by atoms with Crippen LogP contribution in [0.5, 0.6) is 0 Å². The van der Waals surface area contributed by atoms with Crippen molar-refractivity contribution in [1.29, 1.82) is 0 Å². The van der Waals surface area contributed by atoms with Crippen molar-refractivity contribution in [3.63, 3.8) is 0 Å². The molecule has 0 amide bonds. The fourth-order valence-corrected chi connectivity index (χ4v) is 8.02. The van der Waals surface area contributed by atoms with E-state index in [0.29, 0.717) is 12.8 Å². The molecule has 4 N–H and O–H groups in total. The first-order valence-electron chi connectivity index (χ1n) is 24.7. The molecular weight excluding hydrogens is 825 g/mol. The normalized spacial score (nSPS) is 20.1. The Hall–Kier alpha value is -2.39. The molecule has 0 saturated carbocycles. The zero-order chi connectivity index (χ0) is 46.2. The van der Waals surface area contributed by atoms with E-state index in [2.05, 4.69) is 62.5 Å². The lowest BCUT2D eigenvalue weighted by Gasteiger charge is -2.40. The van der Waals surface area contributed by atoms with Crippen LogP contribution in [0.1, 0.15) is 200 Å². The number of carbonyl (C=O) groups is 2. The van der Waals surface area contributed by atoms with Crippen molar-refractivity contribution in [1.82, 2.24) is 0 Å². The molecular formula is C50H88O12S. The lowest BCUT2D eigenvalue weighted by Crippen LogP contribution is -2.60. The van der Waals surface area contributed by atoms with Crippen molar-refractivity contribution in [3.8, 4) is 0 Å². The Kier molecular flexibility index (Phi) is 37.2. The van der Waals surface area contributed by atoms with Crippen LogP contribution in [0.2, 0.25) is 0 Å². The van der Waals surface area contributed by atoms with Gasteiger partial charge in [-0.3, -0.25) is 14.1 Å². The van der Waals surface area contributed by atoms with Gasteiger partial charge in [-0.15, -0.1) is 0 Å². The van der Waals surface area contributed by atoms with Gasteiger partial charge in [0.2, 0.25) is 0 Å². The first-order valence-corrected chi connectivity index (χ1v) is 26.3. The lowest BCUT2D eigenvalue weighted by atomic mass is 10.00. The van der Waals surface area contributed by atoms with E-state index in [9.17, 15) is 37.9 Å². The van der Waals surface area contributed by atoms with Crippen molar-refractivity contribution in [2.75, 3.05) is 19.0 Å². The third-order valence-corrected chi connectivity index (χ3v) is 11.9. The maximum absolute atomic E-state index is 12.8. The predicted octanol–water partition coefficient (Wildman–Crippen LogP) is 10.7. The molecule has 1 rings (SSSR count). The van der Waals surface area contributed by atoms with Crippen LogP contribution in [0.15, 0.2) is 48.6 Å². The predicted molar refractivity (Wildman–Crippen MR) is 252 cm³/mol. The number of aliphatic hydroxyl groups is 3. The van der Waals surface area contributed by atoms with E-state index in [1.165, 1.54) is 70.6 Å². The third-order valence-electron chi connectivity index (χ3n) is 11.1. The number of aliphatic hydroxyl groups excluding tert-OH is 3. The molecule has 12 nitrogen and oxygen atoms in total. The van der Waals surface area contributed by atoms with Crippen LogP contribution in [0.3, 0.4) is 0 Å². The first kappa shape index (κ1) is 58.6. The topological polar surface area (TPSA) is 186 Å². The van der Waals surface area contributed by atoms with Gasteiger partial charge in [0.1, 0.15) is 36.8 Å². The lowest BCUT2D eigenvalue weighted by molar-refractivity contribution is -0.297. The summed E-state index contributed by atoms with van der Waals surface area (Å²) in [7, 11) is -4.61. The van der Waals surface area contributed by atoms with Gasteiger partial charge in [0, 0.05) is 12.8 Å². The van der Waals surface area contributed by atoms with Crippen LogP contribution in [0, 0.1) is 0 Å². The van der Waals surface area contributed by atoms with Crippen LogP contribution < -0.4 is 0 Å². The molecule has 63 heavy (non-hydrogen) atoms. The number of esters is 2. The Morgan fingerprint density at radius 1 is 0.556 bits per heavy atom. The van der Waals surface area contributed by atoms with E-state index in [0.717, 1.165) is 89.9 Å². The minimum absolute atomic E-state index is 0.151. The number of carbonyl (C=O) groups excluding carboxylic acids is 2. The van der Waals surface area contributed by atoms with E-state index in [4.69, 9.17) is 18.9 Å².